The molecule has 0 radical (unpaired) electrons. The fourth-order valence-electron chi connectivity index (χ4n) is 13.2. The number of hydrogen-bond donors (Lipinski definition) is 4. The van der Waals surface area contributed by atoms with Gasteiger partial charge in [0.1, 0.15) is 23.7 Å². The molecular formula is C46H75N7O8S. The van der Waals surface area contributed by atoms with E-state index in [1.54, 1.807) is 24.8 Å². The third-order valence-corrected chi connectivity index (χ3v) is 19.5. The first-order chi connectivity index (χ1) is 29.3. The van der Waals surface area contributed by atoms with E-state index >= 15 is 9.59 Å². The van der Waals surface area contributed by atoms with Crippen LogP contribution in [0.5, 0.6) is 0 Å². The first-order valence-corrected chi connectivity index (χ1v) is 25.2. The lowest BCUT2D eigenvalue weighted by molar-refractivity contribution is -0.148. The monoisotopic (exact) mass is 886 g/mol. The predicted octanol–water partition coefficient (Wildman–Crippen LogP) is 3.79. The summed E-state index contributed by atoms with van der Waals surface area (Å²) >= 11 is 0. The molecule has 3 heterocycles. The molecule has 0 unspecified atom stereocenters. The van der Waals surface area contributed by atoms with Crippen molar-refractivity contribution in [2.75, 3.05) is 45.9 Å². The van der Waals surface area contributed by atoms with Gasteiger partial charge in [0, 0.05) is 49.6 Å². The van der Waals surface area contributed by atoms with Crippen molar-refractivity contribution in [3.63, 3.8) is 0 Å². The highest BCUT2D eigenvalue weighted by Crippen LogP contribution is 2.88. The lowest BCUT2D eigenvalue weighted by atomic mass is 9.69. The van der Waals surface area contributed by atoms with Crippen LogP contribution < -0.4 is 20.7 Å². The molecule has 0 bridgehead atoms. The summed E-state index contributed by atoms with van der Waals surface area (Å²) in [5.74, 6) is -2.77. The van der Waals surface area contributed by atoms with Gasteiger partial charge in [0.2, 0.25) is 23.6 Å². The molecule has 3 saturated heterocycles. The summed E-state index contributed by atoms with van der Waals surface area (Å²) < 4.78 is 35.6. The summed E-state index contributed by atoms with van der Waals surface area (Å²) in [5, 5.41) is 9.49. The molecule has 348 valence electrons. The van der Waals surface area contributed by atoms with Gasteiger partial charge in [-0.2, -0.15) is 12.7 Å². The fraction of sp³-hybridized carbons (Fsp3) is 0.848. The third kappa shape index (κ3) is 7.61. The van der Waals surface area contributed by atoms with Crippen molar-refractivity contribution >= 4 is 39.7 Å². The molecule has 4 aliphatic carbocycles. The number of nitrogens with one attached hydrogen (secondary N) is 4. The zero-order valence-electron chi connectivity index (χ0n) is 38.5. The molecule has 0 aromatic rings. The van der Waals surface area contributed by atoms with Crippen LogP contribution in [-0.4, -0.2) is 128 Å². The summed E-state index contributed by atoms with van der Waals surface area (Å²) in [6.07, 6.45) is 12.3. The van der Waals surface area contributed by atoms with E-state index in [4.69, 9.17) is 4.74 Å². The van der Waals surface area contributed by atoms with Crippen LogP contribution in [0.15, 0.2) is 12.7 Å². The van der Waals surface area contributed by atoms with Crippen LogP contribution >= 0.6 is 0 Å². The minimum atomic E-state index is -4.18. The highest BCUT2D eigenvalue weighted by atomic mass is 32.2. The number of likely N-dealkylation sites (N-methyl/N-ethyl adjacent to an activating group) is 1. The Kier molecular flexibility index (Phi) is 12.9. The van der Waals surface area contributed by atoms with Crippen molar-refractivity contribution in [2.45, 2.75) is 168 Å². The lowest BCUT2D eigenvalue weighted by Gasteiger charge is -2.45. The highest BCUT2D eigenvalue weighted by Gasteiger charge is 2.85. The van der Waals surface area contributed by atoms with Gasteiger partial charge in [-0.1, -0.05) is 80.2 Å². The Hall–Kier alpha value is -3.08. The molecule has 15 nitrogen and oxygen atoms in total. The Balaban J connectivity index is 1.21. The Labute approximate surface area is 370 Å². The minimum Gasteiger partial charge on any atom is -0.381 e. The van der Waals surface area contributed by atoms with Gasteiger partial charge < -0.3 is 25.6 Å². The number of hydrogen-bond acceptors (Lipinski definition) is 9. The number of nitrogens with zero attached hydrogens (tertiary/aromatic N) is 3. The Morgan fingerprint density at radius 2 is 1.44 bits per heavy atom. The van der Waals surface area contributed by atoms with Crippen molar-refractivity contribution in [3.8, 4) is 0 Å². The van der Waals surface area contributed by atoms with Crippen LogP contribution in [0.1, 0.15) is 138 Å². The molecule has 2 spiro atoms. The number of carbonyl (C=O) groups is 5. The van der Waals surface area contributed by atoms with E-state index in [1.807, 2.05) is 13.8 Å². The second-order valence-electron chi connectivity index (χ2n) is 21.0. The molecule has 0 aromatic heterocycles. The quantitative estimate of drug-likeness (QED) is 0.168. The molecule has 62 heavy (non-hydrogen) atoms. The second kappa shape index (κ2) is 17.0. The SMILES string of the molecule is C=C[C@@H]1C[C@]1(NC(=O)[C@@H]1C[C@@]2(CN1C(=O)[C@@H](NC(=O)[C@@H](NC(=O)[C@@H]1CCCN1CC)C1(C)CCCCC1)C1(C)CCOCC1)C(C)(C)C21CCC1)C(=O)NS(=O)(=O)N(CC)CC. The van der Waals surface area contributed by atoms with Crippen LogP contribution in [0.2, 0.25) is 0 Å². The molecule has 3 aliphatic heterocycles. The van der Waals surface area contributed by atoms with Crippen molar-refractivity contribution in [3.05, 3.63) is 12.7 Å². The Morgan fingerprint density at radius 1 is 0.790 bits per heavy atom. The van der Waals surface area contributed by atoms with Gasteiger partial charge in [0.05, 0.1) is 6.04 Å². The maximum atomic E-state index is 15.7. The number of rotatable bonds is 16. The molecule has 16 heteroatoms. The summed E-state index contributed by atoms with van der Waals surface area (Å²) in [6.45, 7) is 20.9. The first kappa shape index (κ1) is 46.9. The molecule has 7 aliphatic rings. The van der Waals surface area contributed by atoms with Crippen LogP contribution in [0.4, 0.5) is 0 Å². The average Bonchev–Trinajstić information content (AvgIpc) is 3.73. The molecular weight excluding hydrogens is 811 g/mol. The molecule has 7 rings (SSSR count). The Morgan fingerprint density at radius 3 is 1.98 bits per heavy atom. The van der Waals surface area contributed by atoms with Crippen LogP contribution in [0.25, 0.3) is 0 Å². The van der Waals surface area contributed by atoms with Crippen molar-refractivity contribution in [1.29, 1.82) is 0 Å². The van der Waals surface area contributed by atoms with E-state index in [-0.39, 0.29) is 59.5 Å². The average molecular weight is 886 g/mol. The topological polar surface area (TPSA) is 187 Å². The predicted molar refractivity (Wildman–Crippen MR) is 235 cm³/mol. The van der Waals surface area contributed by atoms with E-state index in [1.165, 1.54) is 0 Å². The zero-order valence-corrected chi connectivity index (χ0v) is 39.4. The van der Waals surface area contributed by atoms with Gasteiger partial charge in [-0.05, 0) is 93.5 Å². The van der Waals surface area contributed by atoms with Gasteiger partial charge in [0.15, 0.2) is 0 Å². The number of ether oxygens (including phenoxy) is 1. The zero-order chi connectivity index (χ0) is 45.1. The molecule has 5 amide bonds. The van der Waals surface area contributed by atoms with Gasteiger partial charge in [0.25, 0.3) is 5.91 Å². The van der Waals surface area contributed by atoms with E-state index in [0.29, 0.717) is 39.0 Å². The summed E-state index contributed by atoms with van der Waals surface area (Å²) in [4.78, 5) is 77.6. The van der Waals surface area contributed by atoms with Crippen LogP contribution in [0, 0.1) is 33.0 Å². The number of likely N-dealkylation sites (tertiary alicyclic amines) is 2. The fourth-order valence-corrected chi connectivity index (χ4v) is 14.5. The highest BCUT2D eigenvalue weighted by molar-refractivity contribution is 7.87. The van der Waals surface area contributed by atoms with Crippen LogP contribution in [-0.2, 0) is 38.9 Å². The van der Waals surface area contributed by atoms with Gasteiger partial charge in [-0.25, -0.2) is 4.72 Å². The van der Waals surface area contributed by atoms with E-state index < -0.39 is 62.4 Å². The Bertz CT molecular complexity index is 1890. The molecule has 4 N–H and O–H groups in total. The lowest BCUT2D eigenvalue weighted by Crippen LogP contribution is -2.65. The summed E-state index contributed by atoms with van der Waals surface area (Å²) in [5.41, 5.74) is -3.37. The normalized spacial score (nSPS) is 32.6. The van der Waals surface area contributed by atoms with E-state index in [9.17, 15) is 22.8 Å². The first-order valence-electron chi connectivity index (χ1n) is 23.8. The number of fused-ring (bicyclic) bond motifs is 1. The maximum Gasteiger partial charge on any atom is 0.303 e. The van der Waals surface area contributed by atoms with Gasteiger partial charge in [-0.15, -0.1) is 6.58 Å². The van der Waals surface area contributed by atoms with Crippen molar-refractivity contribution < 1.29 is 37.1 Å². The minimum absolute atomic E-state index is 0.0391. The molecule has 7 atom stereocenters. The van der Waals surface area contributed by atoms with Gasteiger partial charge >= 0.3 is 10.2 Å². The molecule has 0 aromatic carbocycles. The smallest absolute Gasteiger partial charge is 0.303 e. The van der Waals surface area contributed by atoms with Gasteiger partial charge in [-0.3, -0.25) is 28.9 Å². The largest absolute Gasteiger partial charge is 0.381 e. The standard InChI is InChI=1S/C46H75N7O8S/c1-9-31-28-46(31,40(58)50-62(59,60)52(11-3)12-4)49-37(55)33-29-45(41(5,6)44(45)21-17-22-44)30-53(33)39(57)35(43(8)23-26-61-27-24-43)48-38(56)34(42(7)19-14-13-15-20-42)47-36(54)32-18-16-25-51(32)10-2/h9,31-35H,1,10-30H2,2-8H3,(H,47,54)(H,48,56)(H,49,55)(H,50,58)/t31-,32+,33+,34-,35-,45-,46-/m1/s1. The second-order valence-corrected chi connectivity index (χ2v) is 22.7. The third-order valence-electron chi connectivity index (χ3n) is 17.9. The van der Waals surface area contributed by atoms with Crippen LogP contribution in [0.3, 0.4) is 0 Å². The van der Waals surface area contributed by atoms with Crippen molar-refractivity contribution in [2.24, 2.45) is 33.0 Å². The van der Waals surface area contributed by atoms with E-state index in [2.05, 4.69) is 52.9 Å². The summed E-state index contributed by atoms with van der Waals surface area (Å²) in [7, 11) is -4.18. The maximum absolute atomic E-state index is 15.7. The molecule has 7 fully saturated rings. The number of carbonyl (C=O) groups excluding carboxylic acids is 5. The van der Waals surface area contributed by atoms with E-state index in [0.717, 1.165) is 81.6 Å². The number of amides is 5. The van der Waals surface area contributed by atoms with Crippen molar-refractivity contribution in [1.82, 2.24) is 34.8 Å². The molecule has 4 saturated carbocycles. The summed E-state index contributed by atoms with van der Waals surface area (Å²) in [6, 6.07) is -3.20.